The Bertz CT molecular complexity index is 635. The molecule has 1 fully saturated rings. The molecule has 24 heavy (non-hydrogen) atoms. The molecule has 132 valence electrons. The molecule has 1 unspecified atom stereocenters. The molecular formula is C16H19F2NO5. The molecule has 0 saturated carbocycles. The maximum Gasteiger partial charge on any atom is 0.318 e. The second-order valence-corrected chi connectivity index (χ2v) is 6.06. The van der Waals surface area contributed by atoms with Crippen LogP contribution >= 0.6 is 0 Å². The molecule has 8 heteroatoms. The van der Waals surface area contributed by atoms with Crippen molar-refractivity contribution in [2.45, 2.75) is 20.0 Å². The van der Waals surface area contributed by atoms with E-state index in [1.54, 1.807) is 0 Å². The summed E-state index contributed by atoms with van der Waals surface area (Å²) in [6, 6.07) is 3.17. The quantitative estimate of drug-likeness (QED) is 0.824. The highest BCUT2D eigenvalue weighted by molar-refractivity contribution is 6.01. The minimum Gasteiger partial charge on any atom is -0.491 e. The number of aliphatic carboxylic acids is 1. The van der Waals surface area contributed by atoms with Gasteiger partial charge >= 0.3 is 5.97 Å². The van der Waals surface area contributed by atoms with Gasteiger partial charge in [-0.3, -0.25) is 9.59 Å². The lowest BCUT2D eigenvalue weighted by molar-refractivity contribution is -0.162. The summed E-state index contributed by atoms with van der Waals surface area (Å²) >= 11 is 0. The zero-order valence-electron chi connectivity index (χ0n) is 13.4. The molecule has 0 aliphatic carbocycles. The number of nitrogens with zero attached hydrogens (tertiary/aromatic N) is 1. The molecule has 1 aliphatic heterocycles. The van der Waals surface area contributed by atoms with Crippen molar-refractivity contribution in [1.82, 2.24) is 4.90 Å². The van der Waals surface area contributed by atoms with Crippen LogP contribution in [-0.2, 0) is 14.3 Å². The molecule has 1 aromatic rings. The van der Waals surface area contributed by atoms with Gasteiger partial charge in [0.05, 0.1) is 13.2 Å². The minimum absolute atomic E-state index is 0.0301. The molecule has 0 spiro atoms. The van der Waals surface area contributed by atoms with Crippen LogP contribution in [-0.4, -0.2) is 54.3 Å². The van der Waals surface area contributed by atoms with E-state index in [0.29, 0.717) is 0 Å². The molecule has 1 aliphatic rings. The number of amides is 1. The molecule has 1 atom stereocenters. The van der Waals surface area contributed by atoms with Gasteiger partial charge in [0.1, 0.15) is 23.9 Å². The standard InChI is InChI=1S/C16H19F2NO5/c1-16(2,15(21)22)14(20)19-5-6-23-11(8-19)9-24-10-3-4-12(17)13(18)7-10/h3-4,7,11H,5-6,8-9H2,1-2H3,(H,21,22). The summed E-state index contributed by atoms with van der Waals surface area (Å²) in [5.41, 5.74) is -1.52. The van der Waals surface area contributed by atoms with Crippen molar-refractivity contribution in [3.8, 4) is 5.75 Å². The molecule has 1 aromatic carbocycles. The average molecular weight is 343 g/mol. The second-order valence-electron chi connectivity index (χ2n) is 6.06. The Labute approximate surface area is 138 Å². The molecule has 2 rings (SSSR count). The van der Waals surface area contributed by atoms with E-state index in [-0.39, 0.29) is 32.1 Å². The van der Waals surface area contributed by atoms with E-state index in [2.05, 4.69) is 0 Å². The second kappa shape index (κ2) is 7.12. The predicted octanol–water partition coefficient (Wildman–Crippen LogP) is 1.68. The van der Waals surface area contributed by atoms with Crippen LogP contribution in [0.25, 0.3) is 0 Å². The fraction of sp³-hybridized carbons (Fsp3) is 0.500. The number of carboxylic acids is 1. The van der Waals surface area contributed by atoms with Gasteiger partial charge in [-0.25, -0.2) is 8.78 Å². The number of benzene rings is 1. The summed E-state index contributed by atoms with van der Waals surface area (Å²) in [6.07, 6.45) is -0.486. The van der Waals surface area contributed by atoms with Crippen LogP contribution in [0.4, 0.5) is 8.78 Å². The van der Waals surface area contributed by atoms with Gasteiger partial charge in [-0.2, -0.15) is 0 Å². The summed E-state index contributed by atoms with van der Waals surface area (Å²) in [4.78, 5) is 24.9. The number of halogens is 2. The van der Waals surface area contributed by atoms with E-state index in [9.17, 15) is 18.4 Å². The van der Waals surface area contributed by atoms with Gasteiger partial charge in [-0.15, -0.1) is 0 Å². The Balaban J connectivity index is 1.94. The highest BCUT2D eigenvalue weighted by atomic mass is 19.2. The van der Waals surface area contributed by atoms with Gasteiger partial charge in [0.2, 0.25) is 5.91 Å². The Hall–Kier alpha value is -2.22. The van der Waals surface area contributed by atoms with Crippen molar-refractivity contribution in [3.05, 3.63) is 29.8 Å². The normalized spacial score (nSPS) is 18.3. The first-order valence-corrected chi connectivity index (χ1v) is 7.44. The number of hydrogen-bond donors (Lipinski definition) is 1. The van der Waals surface area contributed by atoms with Crippen LogP contribution in [0.5, 0.6) is 5.75 Å². The lowest BCUT2D eigenvalue weighted by Crippen LogP contribution is -2.53. The van der Waals surface area contributed by atoms with Crippen molar-refractivity contribution >= 4 is 11.9 Å². The van der Waals surface area contributed by atoms with Crippen molar-refractivity contribution in [3.63, 3.8) is 0 Å². The van der Waals surface area contributed by atoms with Crippen molar-refractivity contribution in [2.24, 2.45) is 5.41 Å². The topological polar surface area (TPSA) is 76.1 Å². The molecular weight excluding hydrogens is 324 g/mol. The maximum atomic E-state index is 13.1. The lowest BCUT2D eigenvalue weighted by Gasteiger charge is -2.36. The maximum absolute atomic E-state index is 13.1. The zero-order valence-corrected chi connectivity index (χ0v) is 13.4. The van der Waals surface area contributed by atoms with Gasteiger partial charge in [0.25, 0.3) is 0 Å². The van der Waals surface area contributed by atoms with Crippen LogP contribution < -0.4 is 4.74 Å². The Morgan fingerprint density at radius 1 is 1.38 bits per heavy atom. The number of ether oxygens (including phenoxy) is 2. The third-order valence-corrected chi connectivity index (χ3v) is 3.82. The molecule has 1 N–H and O–H groups in total. The largest absolute Gasteiger partial charge is 0.491 e. The molecule has 0 radical (unpaired) electrons. The molecule has 0 aromatic heterocycles. The minimum atomic E-state index is -1.52. The third kappa shape index (κ3) is 4.00. The summed E-state index contributed by atoms with van der Waals surface area (Å²) in [6.45, 7) is 3.42. The first kappa shape index (κ1) is 18.1. The zero-order chi connectivity index (χ0) is 17.9. The van der Waals surface area contributed by atoms with E-state index < -0.39 is 35.0 Å². The van der Waals surface area contributed by atoms with Gasteiger partial charge in [0.15, 0.2) is 11.6 Å². The van der Waals surface area contributed by atoms with Crippen LogP contribution in [0.15, 0.2) is 18.2 Å². The van der Waals surface area contributed by atoms with Gasteiger partial charge < -0.3 is 19.5 Å². The van der Waals surface area contributed by atoms with E-state index in [1.165, 1.54) is 24.8 Å². The van der Waals surface area contributed by atoms with E-state index in [0.717, 1.165) is 12.1 Å². The first-order valence-electron chi connectivity index (χ1n) is 7.44. The molecule has 1 heterocycles. The Kier molecular flexibility index (Phi) is 5.38. The first-order chi connectivity index (χ1) is 11.2. The van der Waals surface area contributed by atoms with Crippen LogP contribution in [0.2, 0.25) is 0 Å². The SMILES string of the molecule is CC(C)(C(=O)O)C(=O)N1CCOC(COc2ccc(F)c(F)c2)C1. The number of carbonyl (C=O) groups excluding carboxylic acids is 1. The monoisotopic (exact) mass is 343 g/mol. The summed E-state index contributed by atoms with van der Waals surface area (Å²) in [5.74, 6) is -3.54. The molecule has 1 amide bonds. The van der Waals surface area contributed by atoms with Crippen LogP contribution in [0, 0.1) is 17.0 Å². The fourth-order valence-electron chi connectivity index (χ4n) is 2.25. The average Bonchev–Trinajstić information content (AvgIpc) is 2.55. The number of rotatable bonds is 5. The summed E-state index contributed by atoms with van der Waals surface area (Å²) in [7, 11) is 0. The predicted molar refractivity (Wildman–Crippen MR) is 79.6 cm³/mol. The van der Waals surface area contributed by atoms with E-state index in [4.69, 9.17) is 14.6 Å². The number of carboxylic acid groups (broad SMARTS) is 1. The van der Waals surface area contributed by atoms with Crippen LogP contribution in [0.3, 0.4) is 0 Å². The fourth-order valence-corrected chi connectivity index (χ4v) is 2.25. The van der Waals surface area contributed by atoms with E-state index in [1.807, 2.05) is 0 Å². The van der Waals surface area contributed by atoms with Gasteiger partial charge in [-0.05, 0) is 26.0 Å². The van der Waals surface area contributed by atoms with Crippen molar-refractivity contribution in [1.29, 1.82) is 0 Å². The van der Waals surface area contributed by atoms with Gasteiger partial charge in [-0.1, -0.05) is 0 Å². The lowest BCUT2D eigenvalue weighted by atomic mass is 9.91. The number of hydrogen-bond acceptors (Lipinski definition) is 4. The molecule has 1 saturated heterocycles. The third-order valence-electron chi connectivity index (χ3n) is 3.82. The Morgan fingerprint density at radius 3 is 2.71 bits per heavy atom. The highest BCUT2D eigenvalue weighted by Gasteiger charge is 2.40. The van der Waals surface area contributed by atoms with Crippen molar-refractivity contribution < 1.29 is 33.0 Å². The van der Waals surface area contributed by atoms with E-state index >= 15 is 0 Å². The smallest absolute Gasteiger partial charge is 0.318 e. The highest BCUT2D eigenvalue weighted by Crippen LogP contribution is 2.22. The summed E-state index contributed by atoms with van der Waals surface area (Å²) < 4.78 is 36.8. The van der Waals surface area contributed by atoms with Crippen molar-refractivity contribution in [2.75, 3.05) is 26.3 Å². The van der Waals surface area contributed by atoms with Crippen LogP contribution in [0.1, 0.15) is 13.8 Å². The van der Waals surface area contributed by atoms with Gasteiger partial charge in [0, 0.05) is 12.6 Å². The summed E-state index contributed by atoms with van der Waals surface area (Å²) in [5, 5.41) is 9.14. The molecule has 0 bridgehead atoms. The number of morpholine rings is 1. The number of carbonyl (C=O) groups is 2. The Morgan fingerprint density at radius 2 is 2.08 bits per heavy atom. The molecule has 6 nitrogen and oxygen atoms in total.